The Hall–Kier alpha value is -2.42. The highest BCUT2D eigenvalue weighted by atomic mass is 32.2. The Kier molecular flexibility index (Phi) is 7.67. The summed E-state index contributed by atoms with van der Waals surface area (Å²) in [5.41, 5.74) is 1.60. The SMILES string of the molecule is COc1ccc([C@H](CNC(=O)c2ccc(S(=O)(=O)N3CCCC3)cc2)N2CCCCC2)cc1. The number of nitrogens with one attached hydrogen (secondary N) is 1. The highest BCUT2D eigenvalue weighted by molar-refractivity contribution is 7.89. The quantitative estimate of drug-likeness (QED) is 0.638. The number of nitrogens with zero attached hydrogens (tertiary/aromatic N) is 2. The smallest absolute Gasteiger partial charge is 0.251 e. The van der Waals surface area contributed by atoms with Crippen LogP contribution in [0.1, 0.15) is 54.1 Å². The maximum absolute atomic E-state index is 12.9. The van der Waals surface area contributed by atoms with Gasteiger partial charge in [0.1, 0.15) is 5.75 Å². The Morgan fingerprint density at radius 3 is 2.12 bits per heavy atom. The second-order valence-corrected chi connectivity index (χ2v) is 10.7. The molecule has 1 amide bonds. The van der Waals surface area contributed by atoms with Gasteiger partial charge in [0, 0.05) is 25.2 Å². The summed E-state index contributed by atoms with van der Waals surface area (Å²) in [5.74, 6) is 0.611. The Morgan fingerprint density at radius 2 is 1.52 bits per heavy atom. The molecule has 7 nitrogen and oxygen atoms in total. The van der Waals surface area contributed by atoms with E-state index in [4.69, 9.17) is 4.74 Å². The summed E-state index contributed by atoms with van der Waals surface area (Å²) in [6, 6.07) is 14.4. The number of benzene rings is 2. The van der Waals surface area contributed by atoms with Crippen molar-refractivity contribution in [3.8, 4) is 5.75 Å². The van der Waals surface area contributed by atoms with E-state index >= 15 is 0 Å². The predicted octanol–water partition coefficient (Wildman–Crippen LogP) is 3.44. The third-order valence-corrected chi connectivity index (χ3v) is 8.52. The molecule has 2 heterocycles. The van der Waals surface area contributed by atoms with Gasteiger partial charge in [0.15, 0.2) is 0 Å². The molecular formula is C25H33N3O4S. The van der Waals surface area contributed by atoms with Crippen LogP contribution in [-0.2, 0) is 10.0 Å². The van der Waals surface area contributed by atoms with Crippen LogP contribution in [0.25, 0.3) is 0 Å². The first-order chi connectivity index (χ1) is 16.0. The lowest BCUT2D eigenvalue weighted by Crippen LogP contribution is -2.40. The molecule has 2 aromatic carbocycles. The maximum Gasteiger partial charge on any atom is 0.251 e. The second kappa shape index (κ2) is 10.7. The number of hydrogen-bond acceptors (Lipinski definition) is 5. The molecule has 0 saturated carbocycles. The summed E-state index contributed by atoms with van der Waals surface area (Å²) in [6.07, 6.45) is 5.35. The van der Waals surface area contributed by atoms with Crippen LogP contribution in [0.15, 0.2) is 53.4 Å². The van der Waals surface area contributed by atoms with E-state index in [2.05, 4.69) is 22.3 Å². The van der Waals surface area contributed by atoms with Gasteiger partial charge < -0.3 is 10.1 Å². The number of methoxy groups -OCH3 is 1. The highest BCUT2D eigenvalue weighted by Gasteiger charge is 2.27. The first kappa shape index (κ1) is 23.7. The zero-order valence-corrected chi connectivity index (χ0v) is 20.0. The Balaban J connectivity index is 1.44. The number of hydrogen-bond donors (Lipinski definition) is 1. The lowest BCUT2D eigenvalue weighted by Gasteiger charge is -2.35. The van der Waals surface area contributed by atoms with Crippen molar-refractivity contribution in [3.05, 3.63) is 59.7 Å². The minimum Gasteiger partial charge on any atom is -0.497 e. The minimum atomic E-state index is -3.48. The fraction of sp³-hybridized carbons (Fsp3) is 0.480. The van der Waals surface area contributed by atoms with E-state index in [0.29, 0.717) is 25.2 Å². The molecule has 0 aliphatic carbocycles. The largest absolute Gasteiger partial charge is 0.497 e. The summed E-state index contributed by atoms with van der Waals surface area (Å²) < 4.78 is 32.2. The molecule has 33 heavy (non-hydrogen) atoms. The molecule has 2 aliphatic rings. The van der Waals surface area contributed by atoms with Gasteiger partial charge >= 0.3 is 0 Å². The molecule has 0 bridgehead atoms. The normalized spacial score (nSPS) is 18.7. The molecular weight excluding hydrogens is 438 g/mol. The summed E-state index contributed by atoms with van der Waals surface area (Å²) in [4.78, 5) is 15.5. The number of carbonyl (C=O) groups excluding carboxylic acids is 1. The van der Waals surface area contributed by atoms with E-state index in [1.807, 2.05) is 12.1 Å². The fourth-order valence-corrected chi connectivity index (χ4v) is 6.18. The van der Waals surface area contributed by atoms with E-state index in [9.17, 15) is 13.2 Å². The third kappa shape index (κ3) is 5.57. The number of likely N-dealkylation sites (tertiary alicyclic amines) is 1. The molecule has 1 N–H and O–H groups in total. The van der Waals surface area contributed by atoms with Gasteiger partial charge in [0.2, 0.25) is 10.0 Å². The van der Waals surface area contributed by atoms with Gasteiger partial charge in [-0.25, -0.2) is 8.42 Å². The maximum atomic E-state index is 12.9. The van der Waals surface area contributed by atoms with Crippen molar-refractivity contribution in [2.24, 2.45) is 0 Å². The summed E-state index contributed by atoms with van der Waals surface area (Å²) in [5, 5.41) is 3.07. The number of piperidine rings is 1. The van der Waals surface area contributed by atoms with Crippen molar-refractivity contribution in [1.29, 1.82) is 0 Å². The van der Waals surface area contributed by atoms with Crippen LogP contribution < -0.4 is 10.1 Å². The number of carbonyl (C=O) groups is 1. The van der Waals surface area contributed by atoms with Crippen LogP contribution in [0.3, 0.4) is 0 Å². The van der Waals surface area contributed by atoms with Crippen LogP contribution in [0.4, 0.5) is 0 Å². The van der Waals surface area contributed by atoms with E-state index < -0.39 is 10.0 Å². The van der Waals surface area contributed by atoms with Gasteiger partial charge in [-0.15, -0.1) is 0 Å². The highest BCUT2D eigenvalue weighted by Crippen LogP contribution is 2.26. The third-order valence-electron chi connectivity index (χ3n) is 6.61. The van der Waals surface area contributed by atoms with E-state index in [1.165, 1.54) is 22.9 Å². The van der Waals surface area contributed by atoms with Gasteiger partial charge in [-0.3, -0.25) is 9.69 Å². The monoisotopic (exact) mass is 471 g/mol. The van der Waals surface area contributed by atoms with Crippen molar-refractivity contribution in [1.82, 2.24) is 14.5 Å². The van der Waals surface area contributed by atoms with Gasteiger partial charge in [-0.2, -0.15) is 4.31 Å². The van der Waals surface area contributed by atoms with Crippen molar-refractivity contribution in [2.75, 3.05) is 39.8 Å². The zero-order valence-electron chi connectivity index (χ0n) is 19.2. The van der Waals surface area contributed by atoms with E-state index in [0.717, 1.165) is 50.1 Å². The van der Waals surface area contributed by atoms with Crippen LogP contribution in [0.2, 0.25) is 0 Å². The number of ether oxygens (including phenoxy) is 1. The average molecular weight is 472 g/mol. The standard InChI is InChI=1S/C25H33N3O4S/c1-32-22-11-7-20(8-12-22)24(27-15-3-2-4-16-27)19-26-25(29)21-9-13-23(14-10-21)33(30,31)28-17-5-6-18-28/h7-14,24H,2-6,15-19H2,1H3,(H,26,29)/t24-/m0/s1. The minimum absolute atomic E-state index is 0.0787. The fourth-order valence-electron chi connectivity index (χ4n) is 4.66. The molecule has 2 fully saturated rings. The molecule has 0 aromatic heterocycles. The van der Waals surface area contributed by atoms with E-state index in [1.54, 1.807) is 19.2 Å². The van der Waals surface area contributed by atoms with E-state index in [-0.39, 0.29) is 16.8 Å². The molecule has 2 saturated heterocycles. The van der Waals surface area contributed by atoms with Crippen LogP contribution in [-0.4, -0.2) is 63.4 Å². The zero-order chi connectivity index (χ0) is 23.3. The number of amides is 1. The lowest BCUT2D eigenvalue weighted by atomic mass is 10.0. The van der Waals surface area contributed by atoms with Gasteiger partial charge in [-0.1, -0.05) is 18.6 Å². The van der Waals surface area contributed by atoms with Gasteiger partial charge in [-0.05, 0) is 80.7 Å². The molecule has 0 spiro atoms. The van der Waals surface area contributed by atoms with Crippen LogP contribution in [0, 0.1) is 0 Å². The van der Waals surface area contributed by atoms with Crippen molar-refractivity contribution >= 4 is 15.9 Å². The first-order valence-electron chi connectivity index (χ1n) is 11.8. The van der Waals surface area contributed by atoms with Crippen molar-refractivity contribution < 1.29 is 17.9 Å². The number of rotatable bonds is 8. The van der Waals surface area contributed by atoms with Crippen LogP contribution in [0.5, 0.6) is 5.75 Å². The molecule has 2 aliphatic heterocycles. The number of sulfonamides is 1. The van der Waals surface area contributed by atoms with Crippen molar-refractivity contribution in [3.63, 3.8) is 0 Å². The van der Waals surface area contributed by atoms with Crippen LogP contribution >= 0.6 is 0 Å². The molecule has 2 aromatic rings. The second-order valence-electron chi connectivity index (χ2n) is 8.73. The molecule has 8 heteroatoms. The molecule has 178 valence electrons. The Morgan fingerprint density at radius 1 is 0.909 bits per heavy atom. The predicted molar refractivity (Wildman–Crippen MR) is 128 cm³/mol. The lowest BCUT2D eigenvalue weighted by molar-refractivity contribution is 0.0924. The Bertz CT molecular complexity index is 1030. The Labute approximate surface area is 196 Å². The van der Waals surface area contributed by atoms with Gasteiger partial charge in [0.25, 0.3) is 5.91 Å². The van der Waals surface area contributed by atoms with Gasteiger partial charge in [0.05, 0.1) is 18.0 Å². The summed E-state index contributed by atoms with van der Waals surface area (Å²) in [7, 11) is -1.83. The molecule has 0 unspecified atom stereocenters. The topological polar surface area (TPSA) is 78.9 Å². The summed E-state index contributed by atoms with van der Waals surface area (Å²) >= 11 is 0. The molecule has 4 rings (SSSR count). The van der Waals surface area contributed by atoms with Crippen molar-refractivity contribution in [2.45, 2.75) is 43.0 Å². The first-order valence-corrected chi connectivity index (χ1v) is 13.2. The average Bonchev–Trinajstić information content (AvgIpc) is 3.41. The molecule has 1 atom stereocenters. The molecule has 0 radical (unpaired) electrons. The summed E-state index contributed by atoms with van der Waals surface area (Å²) in [6.45, 7) is 3.63.